The van der Waals surface area contributed by atoms with Gasteiger partial charge in [-0.3, -0.25) is 4.79 Å². The molecule has 2 heteroatoms. The first-order valence-electron chi connectivity index (χ1n) is 9.27. The third kappa shape index (κ3) is 1.79. The topological polar surface area (TPSA) is 37.3 Å². The normalized spacial score (nSPS) is 54.3. The minimum atomic E-state index is -0.0887. The zero-order valence-corrected chi connectivity index (χ0v) is 14.3. The summed E-state index contributed by atoms with van der Waals surface area (Å²) in [6.45, 7) is 6.78. The molecule has 0 radical (unpaired) electrons. The Morgan fingerprint density at radius 2 is 1.86 bits per heavy atom. The Kier molecular flexibility index (Phi) is 3.18. The van der Waals surface area contributed by atoms with E-state index in [1.165, 1.54) is 32.1 Å². The van der Waals surface area contributed by atoms with Gasteiger partial charge in [0.25, 0.3) is 0 Å². The van der Waals surface area contributed by atoms with Gasteiger partial charge < -0.3 is 5.11 Å². The maximum absolute atomic E-state index is 12.1. The molecule has 7 atom stereocenters. The Balaban J connectivity index is 1.70. The quantitative estimate of drug-likeness (QED) is 0.730. The van der Waals surface area contributed by atoms with Crippen LogP contribution in [0.3, 0.4) is 0 Å². The molecule has 1 N–H and O–H groups in total. The van der Waals surface area contributed by atoms with Gasteiger partial charge in [-0.15, -0.1) is 0 Å². The number of aliphatic hydroxyl groups is 1. The molecule has 2 nitrogen and oxygen atoms in total. The van der Waals surface area contributed by atoms with Crippen molar-refractivity contribution in [3.8, 4) is 0 Å². The minimum absolute atomic E-state index is 0.0887. The molecule has 0 bridgehead atoms. The van der Waals surface area contributed by atoms with Crippen LogP contribution in [0.1, 0.15) is 65.7 Å². The predicted molar refractivity (Wildman–Crippen MR) is 87.3 cm³/mol. The summed E-state index contributed by atoms with van der Waals surface area (Å²) in [5.74, 6) is 3.11. The molecule has 22 heavy (non-hydrogen) atoms. The van der Waals surface area contributed by atoms with Gasteiger partial charge in [-0.2, -0.15) is 0 Å². The second-order valence-corrected chi connectivity index (χ2v) is 9.11. The number of rotatable bonds is 0. The van der Waals surface area contributed by atoms with Crippen molar-refractivity contribution < 1.29 is 9.90 Å². The zero-order valence-electron chi connectivity index (χ0n) is 14.3. The fourth-order valence-electron chi connectivity index (χ4n) is 6.92. The average molecular weight is 302 g/mol. The van der Waals surface area contributed by atoms with Gasteiger partial charge in [-0.25, -0.2) is 0 Å². The molecule has 0 heterocycles. The first-order valence-corrected chi connectivity index (χ1v) is 9.27. The van der Waals surface area contributed by atoms with Crippen LogP contribution in [0.25, 0.3) is 0 Å². The van der Waals surface area contributed by atoms with E-state index in [4.69, 9.17) is 0 Å². The third-order valence-electron chi connectivity index (χ3n) is 8.31. The highest BCUT2D eigenvalue weighted by atomic mass is 16.3. The van der Waals surface area contributed by atoms with Gasteiger partial charge in [-0.1, -0.05) is 19.9 Å². The van der Waals surface area contributed by atoms with Gasteiger partial charge in [0.1, 0.15) is 0 Å². The lowest BCUT2D eigenvalue weighted by Gasteiger charge is -2.58. The van der Waals surface area contributed by atoms with Gasteiger partial charge >= 0.3 is 0 Å². The standard InChI is InChI=1S/C20H30O2/c1-12-11-20(3)13(10-17(12)21)4-5-14-15-6-7-18(22)19(15,2)9-8-16(14)20/h11,13-16,18,22H,4-10H2,1-3H3/t13-,14+,15-,16-,18-,19-,20-/m0/s1. The number of hydrogen-bond acceptors (Lipinski definition) is 2. The van der Waals surface area contributed by atoms with Crippen LogP contribution in [0.4, 0.5) is 0 Å². The maximum Gasteiger partial charge on any atom is 0.158 e. The molecule has 0 aliphatic heterocycles. The molecule has 4 aliphatic carbocycles. The van der Waals surface area contributed by atoms with Crippen LogP contribution < -0.4 is 0 Å². The molecule has 4 rings (SSSR count). The van der Waals surface area contributed by atoms with E-state index in [1.807, 2.05) is 6.92 Å². The van der Waals surface area contributed by atoms with Gasteiger partial charge in [0, 0.05) is 6.42 Å². The van der Waals surface area contributed by atoms with E-state index in [-0.39, 0.29) is 16.9 Å². The van der Waals surface area contributed by atoms with E-state index >= 15 is 0 Å². The van der Waals surface area contributed by atoms with Crippen LogP contribution >= 0.6 is 0 Å². The highest BCUT2D eigenvalue weighted by Crippen LogP contribution is 2.65. The number of allylic oxidation sites excluding steroid dienone is 2. The Morgan fingerprint density at radius 3 is 2.64 bits per heavy atom. The smallest absolute Gasteiger partial charge is 0.158 e. The molecule has 122 valence electrons. The number of carbonyl (C=O) groups excluding carboxylic acids is 1. The SMILES string of the molecule is CC1=C[C@@]2(C)[C@@H](CC[C@H]3[C@@H]2CC[C@]2(C)[C@@H](O)CC[C@@H]32)CC1=O. The maximum atomic E-state index is 12.1. The molecule has 0 aromatic heterocycles. The van der Waals surface area contributed by atoms with Crippen LogP contribution in [0.5, 0.6) is 0 Å². The van der Waals surface area contributed by atoms with Gasteiger partial charge in [0.05, 0.1) is 6.10 Å². The summed E-state index contributed by atoms with van der Waals surface area (Å²) in [5, 5.41) is 10.5. The molecule has 3 fully saturated rings. The van der Waals surface area contributed by atoms with Crippen LogP contribution in [-0.4, -0.2) is 17.0 Å². The second-order valence-electron chi connectivity index (χ2n) is 9.11. The molecule has 0 amide bonds. The molecule has 0 aromatic carbocycles. The first-order chi connectivity index (χ1) is 10.4. The molecule has 4 aliphatic rings. The van der Waals surface area contributed by atoms with Crippen molar-refractivity contribution in [3.05, 3.63) is 11.6 Å². The molecular formula is C20H30O2. The lowest BCUT2D eigenvalue weighted by molar-refractivity contribution is -0.125. The van der Waals surface area contributed by atoms with Crippen molar-refractivity contribution in [2.75, 3.05) is 0 Å². The lowest BCUT2D eigenvalue weighted by Crippen LogP contribution is -2.53. The van der Waals surface area contributed by atoms with E-state index < -0.39 is 0 Å². The van der Waals surface area contributed by atoms with E-state index in [1.54, 1.807) is 0 Å². The van der Waals surface area contributed by atoms with Crippen molar-refractivity contribution in [2.24, 2.45) is 34.5 Å². The molecule has 3 saturated carbocycles. The van der Waals surface area contributed by atoms with Gasteiger partial charge in [0.2, 0.25) is 0 Å². The number of carbonyl (C=O) groups is 1. The fourth-order valence-corrected chi connectivity index (χ4v) is 6.92. The number of ketones is 1. The summed E-state index contributed by atoms with van der Waals surface area (Å²) in [6, 6.07) is 0. The van der Waals surface area contributed by atoms with Crippen molar-refractivity contribution in [3.63, 3.8) is 0 Å². The Morgan fingerprint density at radius 1 is 1.09 bits per heavy atom. The van der Waals surface area contributed by atoms with Crippen molar-refractivity contribution in [1.29, 1.82) is 0 Å². The molecule has 0 saturated heterocycles. The molecule has 0 unspecified atom stereocenters. The Labute approximate surface area is 134 Å². The summed E-state index contributed by atoms with van der Waals surface area (Å²) < 4.78 is 0. The predicted octanol–water partition coefficient (Wildman–Crippen LogP) is 4.13. The van der Waals surface area contributed by atoms with Crippen LogP contribution in [0, 0.1) is 34.5 Å². The molecule has 0 spiro atoms. The van der Waals surface area contributed by atoms with E-state index in [9.17, 15) is 9.90 Å². The Bertz CT molecular complexity index is 536. The highest BCUT2D eigenvalue weighted by Gasteiger charge is 2.59. The van der Waals surface area contributed by atoms with Crippen LogP contribution in [0.15, 0.2) is 11.6 Å². The van der Waals surface area contributed by atoms with E-state index in [0.717, 1.165) is 30.3 Å². The van der Waals surface area contributed by atoms with Gasteiger partial charge in [0.15, 0.2) is 5.78 Å². The summed E-state index contributed by atoms with van der Waals surface area (Å²) in [4.78, 5) is 12.1. The summed E-state index contributed by atoms with van der Waals surface area (Å²) in [6.07, 6.45) is 10.1. The van der Waals surface area contributed by atoms with E-state index in [0.29, 0.717) is 17.6 Å². The molecular weight excluding hydrogens is 272 g/mol. The van der Waals surface area contributed by atoms with Crippen LogP contribution in [-0.2, 0) is 4.79 Å². The fraction of sp³-hybridized carbons (Fsp3) is 0.850. The van der Waals surface area contributed by atoms with Crippen molar-refractivity contribution in [2.45, 2.75) is 71.8 Å². The summed E-state index contributed by atoms with van der Waals surface area (Å²) in [7, 11) is 0. The third-order valence-corrected chi connectivity index (χ3v) is 8.31. The highest BCUT2D eigenvalue weighted by molar-refractivity contribution is 5.96. The second kappa shape index (κ2) is 4.69. The van der Waals surface area contributed by atoms with E-state index in [2.05, 4.69) is 19.9 Å². The minimum Gasteiger partial charge on any atom is -0.393 e. The first kappa shape index (κ1) is 14.9. The molecule has 0 aromatic rings. The van der Waals surface area contributed by atoms with Crippen LogP contribution in [0.2, 0.25) is 0 Å². The number of Topliss-reactive ketones (excluding diaryl/α,β-unsaturated/α-hetero) is 1. The lowest BCUT2D eigenvalue weighted by atomic mass is 9.46. The van der Waals surface area contributed by atoms with Crippen molar-refractivity contribution >= 4 is 5.78 Å². The summed E-state index contributed by atoms with van der Waals surface area (Å²) >= 11 is 0. The monoisotopic (exact) mass is 302 g/mol. The number of hydrogen-bond donors (Lipinski definition) is 1. The average Bonchev–Trinajstić information content (AvgIpc) is 2.77. The summed E-state index contributed by atoms with van der Waals surface area (Å²) in [5.41, 5.74) is 1.38. The zero-order chi connectivity index (χ0) is 15.7. The Hall–Kier alpha value is -0.630. The van der Waals surface area contributed by atoms with Crippen molar-refractivity contribution in [1.82, 2.24) is 0 Å². The number of fused-ring (bicyclic) bond motifs is 5. The largest absolute Gasteiger partial charge is 0.393 e. The number of aliphatic hydroxyl groups excluding tert-OH is 1. The van der Waals surface area contributed by atoms with Gasteiger partial charge in [-0.05, 0) is 85.5 Å².